The maximum atomic E-state index is 12.1. The molecule has 0 saturated carbocycles. The van der Waals surface area contributed by atoms with Gasteiger partial charge in [0, 0.05) is 37.0 Å². The average molecular weight is 282 g/mol. The van der Waals surface area contributed by atoms with E-state index in [1.807, 2.05) is 6.07 Å². The van der Waals surface area contributed by atoms with Crippen molar-refractivity contribution in [1.82, 2.24) is 10.3 Å². The second kappa shape index (κ2) is 7.70. The molecule has 2 rings (SSSR count). The van der Waals surface area contributed by atoms with E-state index in [0.29, 0.717) is 18.9 Å². The normalized spacial score (nSPS) is 12.3. The Hall–Kier alpha value is -2.00. The topological polar surface area (TPSA) is 42.0 Å². The summed E-state index contributed by atoms with van der Waals surface area (Å²) in [6.07, 6.45) is 3.81. The van der Waals surface area contributed by atoms with Gasteiger partial charge in [0.25, 0.3) is 0 Å². The first-order valence-electron chi connectivity index (χ1n) is 7.40. The van der Waals surface area contributed by atoms with Gasteiger partial charge in [-0.25, -0.2) is 0 Å². The van der Waals surface area contributed by atoms with Crippen LogP contribution in [-0.2, 0) is 0 Å². The number of pyridine rings is 1. The lowest BCUT2D eigenvalue weighted by molar-refractivity contribution is 0.0980. The van der Waals surface area contributed by atoms with Crippen molar-refractivity contribution in [3.8, 4) is 0 Å². The van der Waals surface area contributed by atoms with Gasteiger partial charge in [0.1, 0.15) is 0 Å². The molecule has 0 saturated heterocycles. The van der Waals surface area contributed by atoms with Crippen LogP contribution >= 0.6 is 0 Å². The van der Waals surface area contributed by atoms with E-state index in [1.165, 1.54) is 5.56 Å². The smallest absolute Gasteiger partial charge is 0.164 e. The average Bonchev–Trinajstić information content (AvgIpc) is 2.52. The van der Waals surface area contributed by atoms with Crippen LogP contribution in [0.25, 0.3) is 0 Å². The largest absolute Gasteiger partial charge is 0.309 e. The summed E-state index contributed by atoms with van der Waals surface area (Å²) in [6.45, 7) is 5.06. The summed E-state index contributed by atoms with van der Waals surface area (Å²) in [7, 11) is 0. The monoisotopic (exact) mass is 282 g/mol. The molecule has 21 heavy (non-hydrogen) atoms. The molecule has 0 bridgehead atoms. The summed E-state index contributed by atoms with van der Waals surface area (Å²) in [6, 6.07) is 14.2. The molecular formula is C18H22N2O. The van der Waals surface area contributed by atoms with Crippen molar-refractivity contribution in [2.75, 3.05) is 6.54 Å². The van der Waals surface area contributed by atoms with E-state index in [1.54, 1.807) is 24.5 Å². The minimum Gasteiger partial charge on any atom is -0.309 e. The molecule has 0 aliphatic rings. The summed E-state index contributed by atoms with van der Waals surface area (Å²) in [5.74, 6) is 0.629. The predicted octanol–water partition coefficient (Wildman–Crippen LogP) is 3.64. The molecule has 0 fully saturated rings. The van der Waals surface area contributed by atoms with Crippen molar-refractivity contribution in [2.45, 2.75) is 26.3 Å². The van der Waals surface area contributed by atoms with Crippen LogP contribution in [0.4, 0.5) is 0 Å². The van der Waals surface area contributed by atoms with Crippen LogP contribution in [0.2, 0.25) is 0 Å². The van der Waals surface area contributed by atoms with Crippen LogP contribution in [0, 0.1) is 5.92 Å². The second-order valence-corrected chi connectivity index (χ2v) is 5.50. The number of nitrogens with zero attached hydrogens (tertiary/aromatic N) is 1. The SMILES string of the molecule is CC(C)C(NCCC(=O)c1ccncc1)c1ccccc1. The maximum absolute atomic E-state index is 12.1. The Balaban J connectivity index is 1.90. The first-order chi connectivity index (χ1) is 10.2. The Labute approximate surface area is 126 Å². The highest BCUT2D eigenvalue weighted by molar-refractivity contribution is 5.95. The van der Waals surface area contributed by atoms with Gasteiger partial charge in [-0.15, -0.1) is 0 Å². The van der Waals surface area contributed by atoms with Crippen molar-refractivity contribution in [3.05, 3.63) is 66.0 Å². The van der Waals surface area contributed by atoms with Crippen molar-refractivity contribution >= 4 is 5.78 Å². The summed E-state index contributed by atoms with van der Waals surface area (Å²) in [5.41, 5.74) is 2.00. The van der Waals surface area contributed by atoms with E-state index in [4.69, 9.17) is 0 Å². The molecule has 110 valence electrons. The zero-order valence-corrected chi connectivity index (χ0v) is 12.6. The van der Waals surface area contributed by atoms with E-state index in [0.717, 1.165) is 5.56 Å². The summed E-state index contributed by atoms with van der Waals surface area (Å²) in [5, 5.41) is 3.50. The number of hydrogen-bond acceptors (Lipinski definition) is 3. The van der Waals surface area contributed by atoms with Crippen molar-refractivity contribution < 1.29 is 4.79 Å². The predicted molar refractivity (Wildman–Crippen MR) is 85.2 cm³/mol. The molecule has 0 amide bonds. The number of carbonyl (C=O) groups excluding carboxylic acids is 1. The van der Waals surface area contributed by atoms with Gasteiger partial charge in [0.2, 0.25) is 0 Å². The van der Waals surface area contributed by atoms with Crippen LogP contribution in [0.5, 0.6) is 0 Å². The number of aromatic nitrogens is 1. The molecule has 0 aliphatic carbocycles. The molecule has 1 N–H and O–H groups in total. The Morgan fingerprint density at radius 2 is 1.76 bits per heavy atom. The van der Waals surface area contributed by atoms with E-state index < -0.39 is 0 Å². The van der Waals surface area contributed by atoms with Gasteiger partial charge >= 0.3 is 0 Å². The summed E-state index contributed by atoms with van der Waals surface area (Å²) in [4.78, 5) is 16.0. The third-order valence-electron chi connectivity index (χ3n) is 3.54. The van der Waals surface area contributed by atoms with Gasteiger partial charge in [0.15, 0.2) is 5.78 Å². The fraction of sp³-hybridized carbons (Fsp3) is 0.333. The van der Waals surface area contributed by atoms with Crippen molar-refractivity contribution in [2.24, 2.45) is 5.92 Å². The molecule has 2 aromatic rings. The van der Waals surface area contributed by atoms with Gasteiger partial charge in [-0.05, 0) is 23.6 Å². The number of nitrogens with one attached hydrogen (secondary N) is 1. The number of carbonyl (C=O) groups is 1. The Bertz CT molecular complexity index is 552. The highest BCUT2D eigenvalue weighted by Crippen LogP contribution is 2.21. The van der Waals surface area contributed by atoms with E-state index >= 15 is 0 Å². The third-order valence-corrected chi connectivity index (χ3v) is 3.54. The summed E-state index contributed by atoms with van der Waals surface area (Å²) >= 11 is 0. The van der Waals surface area contributed by atoms with E-state index in [9.17, 15) is 4.79 Å². The van der Waals surface area contributed by atoms with Gasteiger partial charge in [-0.2, -0.15) is 0 Å². The number of Topliss-reactive ketones (excluding diaryl/α,β-unsaturated/α-hetero) is 1. The van der Waals surface area contributed by atoms with Gasteiger partial charge < -0.3 is 5.32 Å². The molecule has 3 nitrogen and oxygen atoms in total. The molecule has 1 unspecified atom stereocenters. The van der Waals surface area contributed by atoms with Gasteiger partial charge in [-0.3, -0.25) is 9.78 Å². The highest BCUT2D eigenvalue weighted by Gasteiger charge is 2.15. The van der Waals surface area contributed by atoms with Crippen LogP contribution in [0.1, 0.15) is 42.2 Å². The molecule has 1 atom stereocenters. The molecule has 0 spiro atoms. The first kappa shape index (κ1) is 15.4. The zero-order valence-electron chi connectivity index (χ0n) is 12.6. The fourth-order valence-electron chi connectivity index (χ4n) is 2.42. The molecule has 3 heteroatoms. The zero-order chi connectivity index (χ0) is 15.1. The van der Waals surface area contributed by atoms with Crippen LogP contribution in [0.3, 0.4) is 0 Å². The Morgan fingerprint density at radius 1 is 1.10 bits per heavy atom. The minimum atomic E-state index is 0.153. The lowest BCUT2D eigenvalue weighted by Crippen LogP contribution is -2.28. The third kappa shape index (κ3) is 4.50. The molecule has 0 radical (unpaired) electrons. The van der Waals surface area contributed by atoms with Gasteiger partial charge in [-0.1, -0.05) is 44.2 Å². The molecule has 0 aliphatic heterocycles. The number of ketones is 1. The maximum Gasteiger partial charge on any atom is 0.164 e. The van der Waals surface area contributed by atoms with E-state index in [2.05, 4.69) is 48.4 Å². The Kier molecular flexibility index (Phi) is 5.64. The number of benzene rings is 1. The minimum absolute atomic E-state index is 0.153. The van der Waals surface area contributed by atoms with Crippen molar-refractivity contribution in [3.63, 3.8) is 0 Å². The second-order valence-electron chi connectivity index (χ2n) is 5.50. The fourth-order valence-corrected chi connectivity index (χ4v) is 2.42. The summed E-state index contributed by atoms with van der Waals surface area (Å²) < 4.78 is 0. The quantitative estimate of drug-likeness (QED) is 0.788. The van der Waals surface area contributed by atoms with Gasteiger partial charge in [0.05, 0.1) is 0 Å². The number of rotatable bonds is 7. The van der Waals surface area contributed by atoms with E-state index in [-0.39, 0.29) is 11.8 Å². The van der Waals surface area contributed by atoms with Crippen LogP contribution < -0.4 is 5.32 Å². The van der Waals surface area contributed by atoms with Crippen molar-refractivity contribution in [1.29, 1.82) is 0 Å². The number of hydrogen-bond donors (Lipinski definition) is 1. The molecule has 1 heterocycles. The Morgan fingerprint density at radius 3 is 2.38 bits per heavy atom. The lowest BCUT2D eigenvalue weighted by Gasteiger charge is -2.23. The first-order valence-corrected chi connectivity index (χ1v) is 7.40. The molecule has 1 aromatic carbocycles. The molecular weight excluding hydrogens is 260 g/mol. The van der Waals surface area contributed by atoms with Crippen LogP contribution in [0.15, 0.2) is 54.9 Å². The standard InChI is InChI=1S/C18H22N2O/c1-14(2)18(16-6-4-3-5-7-16)20-13-10-17(21)15-8-11-19-12-9-15/h3-9,11-12,14,18,20H,10,13H2,1-2H3. The highest BCUT2D eigenvalue weighted by atomic mass is 16.1. The van der Waals surface area contributed by atoms with Crippen LogP contribution in [-0.4, -0.2) is 17.3 Å². The molecule has 1 aromatic heterocycles. The lowest BCUT2D eigenvalue weighted by atomic mass is 9.96.